The molecule has 2 saturated heterocycles. The Morgan fingerprint density at radius 2 is 1.28 bits per heavy atom. The monoisotopic (exact) mass is 730 g/mol. The highest BCUT2D eigenvalue weighted by Crippen LogP contribution is 2.57. The predicted molar refractivity (Wildman–Crippen MR) is 157 cm³/mol. The first-order chi connectivity index (χ1) is 22.8. The van der Waals surface area contributed by atoms with Crippen LogP contribution in [0.5, 0.6) is 34.5 Å². The van der Waals surface area contributed by atoms with Crippen molar-refractivity contribution in [3.05, 3.63) is 33.6 Å². The fraction of sp³-hybridized carbons (Fsp3) is 0.567. The molecule has 280 valence electrons. The van der Waals surface area contributed by atoms with Gasteiger partial charge in [0.05, 0.1) is 5.56 Å². The maximum Gasteiger partial charge on any atom is 0.423 e. The summed E-state index contributed by atoms with van der Waals surface area (Å²) in [5.74, 6) is -12.1. The number of amides is 1. The summed E-state index contributed by atoms with van der Waals surface area (Å²) in [6.45, 7) is 4.43. The van der Waals surface area contributed by atoms with Gasteiger partial charge in [0.15, 0.2) is 29.3 Å². The molecule has 0 saturated carbocycles. The van der Waals surface area contributed by atoms with Gasteiger partial charge in [0.2, 0.25) is 11.7 Å². The lowest BCUT2D eigenvalue weighted by atomic mass is 9.87. The van der Waals surface area contributed by atoms with E-state index in [0.717, 1.165) is 11.9 Å². The Hall–Kier alpha value is -3.98. The second-order valence-corrected chi connectivity index (χ2v) is 12.5. The van der Waals surface area contributed by atoms with Gasteiger partial charge in [0.25, 0.3) is 0 Å². The molecule has 4 atom stereocenters. The molecule has 20 heteroatoms. The Morgan fingerprint density at radius 1 is 0.800 bits per heavy atom. The molecule has 4 unspecified atom stereocenters. The number of piperidine rings is 1. The first kappa shape index (κ1) is 38.8. The summed E-state index contributed by atoms with van der Waals surface area (Å²) in [4.78, 5) is 16.9. The number of likely N-dealkylation sites (tertiary alicyclic amines) is 1. The largest absolute Gasteiger partial charge is 0.507 e. The highest BCUT2D eigenvalue weighted by molar-refractivity contribution is 5.73. The molecular weight excluding hydrogens is 693 g/mol. The third-order valence-electron chi connectivity index (χ3n) is 9.67. The van der Waals surface area contributed by atoms with Crippen molar-refractivity contribution < 1.29 is 76.4 Å². The van der Waals surface area contributed by atoms with E-state index in [4.69, 9.17) is 0 Å². The summed E-state index contributed by atoms with van der Waals surface area (Å²) < 4.78 is 97.6. The number of hydrogen-bond donors (Lipinski definition) is 8. The van der Waals surface area contributed by atoms with E-state index < -0.39 is 87.5 Å². The number of nitrogens with zero attached hydrogens (tertiary/aromatic N) is 4. The van der Waals surface area contributed by atoms with E-state index in [0.29, 0.717) is 38.0 Å². The number of carbonyl (C=O) groups excluding carboxylic acids is 1. The maximum atomic E-state index is 14.5. The molecule has 0 radical (unpaired) electrons. The smallest absolute Gasteiger partial charge is 0.423 e. The van der Waals surface area contributed by atoms with Crippen LogP contribution in [0.25, 0.3) is 0 Å². The van der Waals surface area contributed by atoms with Crippen LogP contribution in [-0.4, -0.2) is 119 Å². The fourth-order valence-corrected chi connectivity index (χ4v) is 6.80. The molecule has 2 aliphatic rings. The van der Waals surface area contributed by atoms with Crippen LogP contribution in [0, 0.1) is 12.7 Å². The van der Waals surface area contributed by atoms with Gasteiger partial charge in [0.1, 0.15) is 28.4 Å². The number of rotatable bonds is 6. The summed E-state index contributed by atoms with van der Waals surface area (Å²) in [5, 5.41) is 85.6. The molecule has 2 heterocycles. The zero-order chi connectivity index (χ0) is 38.0. The number of piperazine rings is 1. The molecule has 4 rings (SSSR count). The van der Waals surface area contributed by atoms with Crippen molar-refractivity contribution in [3.63, 3.8) is 0 Å². The third-order valence-corrected chi connectivity index (χ3v) is 9.67. The lowest BCUT2D eigenvalue weighted by Crippen LogP contribution is -2.60. The van der Waals surface area contributed by atoms with Gasteiger partial charge in [-0.1, -0.05) is 0 Å². The summed E-state index contributed by atoms with van der Waals surface area (Å²) in [5.41, 5.74) is -10.9. The Balaban J connectivity index is 1.83. The summed E-state index contributed by atoms with van der Waals surface area (Å²) in [7, 11) is 0.813. The first-order valence-corrected chi connectivity index (χ1v) is 15.1. The molecule has 2 aromatic rings. The van der Waals surface area contributed by atoms with E-state index in [2.05, 4.69) is 0 Å². The number of halogens is 7. The summed E-state index contributed by atoms with van der Waals surface area (Å²) in [6.07, 6.45) is -13.8. The number of benzene rings is 2. The van der Waals surface area contributed by atoms with Crippen LogP contribution >= 0.6 is 0 Å². The van der Waals surface area contributed by atoms with Gasteiger partial charge >= 0.3 is 12.4 Å². The van der Waals surface area contributed by atoms with E-state index >= 15 is 0 Å². The van der Waals surface area contributed by atoms with Crippen molar-refractivity contribution in [2.45, 2.75) is 70.1 Å². The van der Waals surface area contributed by atoms with Gasteiger partial charge in [-0.2, -0.15) is 30.7 Å². The summed E-state index contributed by atoms with van der Waals surface area (Å²) >= 11 is 0. The second kappa shape index (κ2) is 13.3. The Bertz CT molecular complexity index is 1580. The van der Waals surface area contributed by atoms with E-state index in [1.54, 1.807) is 4.90 Å². The number of phenolic OH excluding ortho intramolecular Hbond substituents is 6. The van der Waals surface area contributed by atoms with E-state index in [9.17, 15) is 76.4 Å². The maximum absolute atomic E-state index is 14.5. The van der Waals surface area contributed by atoms with Crippen molar-refractivity contribution in [1.82, 2.24) is 19.6 Å². The van der Waals surface area contributed by atoms with E-state index in [-0.39, 0.29) is 42.5 Å². The number of phenols is 6. The lowest BCUT2D eigenvalue weighted by molar-refractivity contribution is -0.226. The highest BCUT2D eigenvalue weighted by Gasteiger charge is 2.52. The van der Waals surface area contributed by atoms with Crippen molar-refractivity contribution in [3.8, 4) is 34.5 Å². The van der Waals surface area contributed by atoms with Crippen LogP contribution in [0.15, 0.2) is 0 Å². The number of hydrogen-bond acceptors (Lipinski definition) is 12. The standard InChI is InChI=1S/C30H37F7N4O9/c1-12-16(22(44)26(48)20(31)21(12)43)15-11-14(40-9-7-39(8-10-40)13(2)42)5-6-41(15)27(49)38(4)28(3,50)17-23(45)18(29(32,33)34)25(47)19(24(17)46)30(35,36)37/h14-15,27,43-50H,5-11H2,1-4H3. The quantitative estimate of drug-likeness (QED) is 0.0940. The zero-order valence-corrected chi connectivity index (χ0v) is 27.1. The Morgan fingerprint density at radius 3 is 1.74 bits per heavy atom. The van der Waals surface area contributed by atoms with Gasteiger partial charge in [-0.3, -0.25) is 14.6 Å². The molecule has 8 N–H and O–H groups in total. The van der Waals surface area contributed by atoms with Gasteiger partial charge in [0, 0.05) is 62.9 Å². The van der Waals surface area contributed by atoms with Crippen LogP contribution in [0.2, 0.25) is 0 Å². The van der Waals surface area contributed by atoms with Gasteiger partial charge in [-0.25, -0.2) is 4.90 Å². The van der Waals surface area contributed by atoms with Crippen molar-refractivity contribution in [1.29, 1.82) is 0 Å². The SMILES string of the molecule is CC(=O)N1CCN(C2CCN(C(O)N(C)C(C)(O)c3c(O)c(C(F)(F)F)c(O)c(C(F)(F)F)c3O)C(c3c(C)c(O)c(F)c(O)c3O)C2)CC1. The molecule has 0 bridgehead atoms. The summed E-state index contributed by atoms with van der Waals surface area (Å²) in [6, 6.07) is -1.69. The number of alkyl halides is 6. The molecule has 2 aliphatic heterocycles. The fourth-order valence-electron chi connectivity index (χ4n) is 6.80. The normalized spacial score (nSPS) is 21.8. The van der Waals surface area contributed by atoms with Gasteiger partial charge < -0.3 is 45.8 Å². The first-order valence-electron chi connectivity index (χ1n) is 15.1. The second-order valence-electron chi connectivity index (χ2n) is 12.5. The predicted octanol–water partition coefficient (Wildman–Crippen LogP) is 3.15. The molecule has 13 nitrogen and oxygen atoms in total. The minimum atomic E-state index is -5.84. The van der Waals surface area contributed by atoms with Crippen molar-refractivity contribution >= 4 is 5.91 Å². The van der Waals surface area contributed by atoms with E-state index in [1.807, 2.05) is 4.90 Å². The highest BCUT2D eigenvalue weighted by atomic mass is 19.4. The van der Waals surface area contributed by atoms with Crippen molar-refractivity contribution in [2.24, 2.45) is 0 Å². The van der Waals surface area contributed by atoms with Crippen LogP contribution in [-0.2, 0) is 22.9 Å². The molecule has 1 amide bonds. The zero-order valence-electron chi connectivity index (χ0n) is 27.1. The third kappa shape index (κ3) is 6.61. The minimum Gasteiger partial charge on any atom is -0.507 e. The molecule has 0 aromatic heterocycles. The molecule has 2 aromatic carbocycles. The average molecular weight is 731 g/mol. The molecule has 0 aliphatic carbocycles. The Kier molecular flexibility index (Phi) is 10.3. The number of aliphatic hydroxyl groups is 2. The lowest BCUT2D eigenvalue weighted by Gasteiger charge is -2.50. The van der Waals surface area contributed by atoms with Crippen molar-refractivity contribution in [2.75, 3.05) is 39.8 Å². The van der Waals surface area contributed by atoms with Gasteiger partial charge in [-0.05, 0) is 33.7 Å². The van der Waals surface area contributed by atoms with Crippen LogP contribution in [0.1, 0.15) is 60.5 Å². The number of aromatic hydroxyl groups is 6. The Labute approximate surface area is 280 Å². The molecule has 0 spiro atoms. The molecule has 2 fully saturated rings. The number of aliphatic hydroxyl groups excluding tert-OH is 1. The topological polar surface area (TPSA) is 192 Å². The molecular formula is C30H37F7N4O9. The minimum absolute atomic E-state index is 0.0574. The van der Waals surface area contributed by atoms with Crippen LogP contribution in [0.3, 0.4) is 0 Å². The average Bonchev–Trinajstić information content (AvgIpc) is 3.00. The van der Waals surface area contributed by atoms with Crippen LogP contribution in [0.4, 0.5) is 30.7 Å². The van der Waals surface area contributed by atoms with Crippen LogP contribution < -0.4 is 0 Å². The number of carbonyl (C=O) groups is 1. The van der Waals surface area contributed by atoms with E-state index in [1.165, 1.54) is 13.8 Å². The molecule has 50 heavy (non-hydrogen) atoms. The van der Waals surface area contributed by atoms with Gasteiger partial charge in [-0.15, -0.1) is 0 Å².